The molecule has 112 valence electrons. The maximum Gasteiger partial charge on any atom is 0.162 e. The zero-order valence-electron chi connectivity index (χ0n) is 11.9. The number of rotatable bonds is 3. The largest absolute Gasteiger partial charge is 0.490 e. The minimum absolute atomic E-state index is 0.147. The summed E-state index contributed by atoms with van der Waals surface area (Å²) in [4.78, 5) is 1.22. The molecule has 0 amide bonds. The zero-order valence-corrected chi connectivity index (χ0v) is 14.3. The predicted octanol–water partition coefficient (Wildman–Crippen LogP) is 4.28. The minimum atomic E-state index is -0.147. The van der Waals surface area contributed by atoms with E-state index in [-0.39, 0.29) is 6.04 Å². The van der Waals surface area contributed by atoms with E-state index in [1.54, 1.807) is 11.3 Å². The van der Waals surface area contributed by atoms with Crippen LogP contribution < -0.4 is 15.2 Å². The van der Waals surface area contributed by atoms with Crippen molar-refractivity contribution >= 4 is 27.3 Å². The molecule has 3 nitrogen and oxygen atoms in total. The van der Waals surface area contributed by atoms with Crippen LogP contribution in [-0.4, -0.2) is 13.2 Å². The molecule has 0 fully saturated rings. The molecular weight excluding hydrogens is 350 g/mol. The summed E-state index contributed by atoms with van der Waals surface area (Å²) in [6.45, 7) is 3.53. The normalized spacial score (nSPS) is 15.6. The van der Waals surface area contributed by atoms with Gasteiger partial charge in [-0.3, -0.25) is 0 Å². The second kappa shape index (κ2) is 6.38. The lowest BCUT2D eigenvalue weighted by Gasteiger charge is -2.17. The molecule has 1 atom stereocenters. The molecule has 0 bridgehead atoms. The van der Waals surface area contributed by atoms with Gasteiger partial charge in [-0.1, -0.05) is 22.9 Å². The molecule has 1 aromatic heterocycles. The average molecular weight is 368 g/mol. The monoisotopic (exact) mass is 367 g/mol. The summed E-state index contributed by atoms with van der Waals surface area (Å²) in [6, 6.07) is 5.98. The van der Waals surface area contributed by atoms with Crippen LogP contribution in [0.15, 0.2) is 28.1 Å². The topological polar surface area (TPSA) is 44.5 Å². The Labute approximate surface area is 137 Å². The molecule has 0 radical (unpaired) electrons. The van der Waals surface area contributed by atoms with Gasteiger partial charge in [-0.25, -0.2) is 0 Å². The first-order valence-corrected chi connectivity index (χ1v) is 8.79. The number of thiophene rings is 1. The highest BCUT2D eigenvalue weighted by Crippen LogP contribution is 2.40. The summed E-state index contributed by atoms with van der Waals surface area (Å²) < 4.78 is 12.4. The van der Waals surface area contributed by atoms with Crippen molar-refractivity contribution in [3.63, 3.8) is 0 Å². The highest BCUT2D eigenvalue weighted by atomic mass is 79.9. The fourth-order valence-electron chi connectivity index (χ4n) is 2.49. The van der Waals surface area contributed by atoms with E-state index < -0.39 is 0 Å². The van der Waals surface area contributed by atoms with Gasteiger partial charge in [0.15, 0.2) is 11.5 Å². The summed E-state index contributed by atoms with van der Waals surface area (Å²) in [7, 11) is 0. The Kier molecular flexibility index (Phi) is 4.52. The quantitative estimate of drug-likeness (QED) is 0.880. The van der Waals surface area contributed by atoms with Gasteiger partial charge < -0.3 is 15.2 Å². The lowest BCUT2D eigenvalue weighted by molar-refractivity contribution is 0.297. The molecule has 2 aromatic rings. The molecule has 5 heteroatoms. The molecule has 0 saturated carbocycles. The van der Waals surface area contributed by atoms with Gasteiger partial charge in [-0.15, -0.1) is 11.3 Å². The van der Waals surface area contributed by atoms with Gasteiger partial charge in [-0.2, -0.15) is 0 Å². The van der Waals surface area contributed by atoms with Crippen LogP contribution in [0.4, 0.5) is 0 Å². The van der Waals surface area contributed by atoms with Gasteiger partial charge in [-0.05, 0) is 41.1 Å². The molecule has 1 unspecified atom stereocenters. The fourth-order valence-corrected chi connectivity index (χ4v) is 4.08. The Morgan fingerprint density at radius 1 is 1.29 bits per heavy atom. The van der Waals surface area contributed by atoms with E-state index in [2.05, 4.69) is 34.3 Å². The minimum Gasteiger partial charge on any atom is -0.490 e. The number of fused-ring (bicyclic) bond motifs is 1. The third-order valence-corrected chi connectivity index (χ3v) is 5.37. The molecule has 2 heterocycles. The number of nitrogens with two attached hydrogens (primary N) is 1. The van der Waals surface area contributed by atoms with Crippen LogP contribution in [0.5, 0.6) is 11.5 Å². The van der Waals surface area contributed by atoms with Crippen molar-refractivity contribution in [3.05, 3.63) is 44.1 Å². The highest BCUT2D eigenvalue weighted by Gasteiger charge is 2.21. The first-order valence-electron chi connectivity index (χ1n) is 7.11. The van der Waals surface area contributed by atoms with Crippen molar-refractivity contribution in [1.29, 1.82) is 0 Å². The Balaban J connectivity index is 2.00. The van der Waals surface area contributed by atoms with Crippen LogP contribution in [0.2, 0.25) is 0 Å². The summed E-state index contributed by atoms with van der Waals surface area (Å²) in [5.41, 5.74) is 8.84. The van der Waals surface area contributed by atoms with E-state index in [1.165, 1.54) is 10.4 Å². The smallest absolute Gasteiger partial charge is 0.162 e. The maximum atomic E-state index is 6.49. The summed E-state index contributed by atoms with van der Waals surface area (Å²) in [5, 5.41) is 2.10. The third kappa shape index (κ3) is 2.96. The molecule has 21 heavy (non-hydrogen) atoms. The third-order valence-electron chi connectivity index (χ3n) is 3.65. The van der Waals surface area contributed by atoms with Crippen LogP contribution in [0, 0.1) is 0 Å². The van der Waals surface area contributed by atoms with Gasteiger partial charge in [0, 0.05) is 15.8 Å². The van der Waals surface area contributed by atoms with Crippen LogP contribution in [0.1, 0.15) is 35.4 Å². The first kappa shape index (κ1) is 14.9. The van der Waals surface area contributed by atoms with E-state index in [4.69, 9.17) is 15.2 Å². The fraction of sp³-hybridized carbons (Fsp3) is 0.375. The van der Waals surface area contributed by atoms with Gasteiger partial charge >= 0.3 is 0 Å². The molecular formula is C16H18BrNO2S. The number of aryl methyl sites for hydroxylation is 1. The molecule has 0 saturated heterocycles. The van der Waals surface area contributed by atoms with Crippen molar-refractivity contribution in [2.45, 2.75) is 25.8 Å². The highest BCUT2D eigenvalue weighted by molar-refractivity contribution is 9.10. The van der Waals surface area contributed by atoms with Gasteiger partial charge in [0.1, 0.15) is 0 Å². The molecule has 2 N–H and O–H groups in total. The van der Waals surface area contributed by atoms with Crippen LogP contribution >= 0.6 is 27.3 Å². The van der Waals surface area contributed by atoms with Crippen LogP contribution in [0.3, 0.4) is 0 Å². The maximum absolute atomic E-state index is 6.49. The second-order valence-corrected chi connectivity index (χ2v) is 6.81. The van der Waals surface area contributed by atoms with Crippen molar-refractivity contribution < 1.29 is 9.47 Å². The molecule has 1 aliphatic rings. The molecule has 3 rings (SSSR count). The first-order chi connectivity index (χ1) is 10.2. The Morgan fingerprint density at radius 2 is 2.00 bits per heavy atom. The van der Waals surface area contributed by atoms with E-state index in [9.17, 15) is 0 Å². The predicted molar refractivity (Wildman–Crippen MR) is 89.5 cm³/mol. The number of benzene rings is 1. The van der Waals surface area contributed by atoms with E-state index in [1.807, 2.05) is 12.1 Å². The summed E-state index contributed by atoms with van der Waals surface area (Å²) >= 11 is 5.33. The lowest BCUT2D eigenvalue weighted by atomic mass is 10.0. The number of hydrogen-bond acceptors (Lipinski definition) is 4. The van der Waals surface area contributed by atoms with Gasteiger partial charge in [0.05, 0.1) is 19.3 Å². The van der Waals surface area contributed by atoms with Crippen LogP contribution in [0.25, 0.3) is 0 Å². The van der Waals surface area contributed by atoms with E-state index >= 15 is 0 Å². The zero-order chi connectivity index (χ0) is 14.8. The molecule has 1 aromatic carbocycles. The Bertz CT molecular complexity index is 641. The molecule has 0 spiro atoms. The number of ether oxygens (including phenoxy) is 2. The molecule has 1 aliphatic heterocycles. The summed E-state index contributed by atoms with van der Waals surface area (Å²) in [6.07, 6.45) is 1.90. The standard InChI is InChI=1S/C16H18BrNO2S/c1-2-10-4-7-21-16(10)15(18)11-8-13-14(9-12(11)17)20-6-3-5-19-13/h4,7-9,15H,2-3,5-6,18H2,1H3. The van der Waals surface area contributed by atoms with E-state index in [0.29, 0.717) is 13.2 Å². The molecule has 0 aliphatic carbocycles. The van der Waals surface area contributed by atoms with Crippen molar-refractivity contribution in [1.82, 2.24) is 0 Å². The lowest BCUT2D eigenvalue weighted by Crippen LogP contribution is -2.13. The average Bonchev–Trinajstić information content (AvgIpc) is 2.85. The Morgan fingerprint density at radius 3 is 2.71 bits per heavy atom. The summed E-state index contributed by atoms with van der Waals surface area (Å²) in [5.74, 6) is 1.58. The van der Waals surface area contributed by atoms with E-state index in [0.717, 1.165) is 34.4 Å². The number of hydrogen-bond donors (Lipinski definition) is 1. The number of halogens is 1. The van der Waals surface area contributed by atoms with Crippen molar-refractivity contribution in [2.24, 2.45) is 5.73 Å². The van der Waals surface area contributed by atoms with Gasteiger partial charge in [0.25, 0.3) is 0 Å². The van der Waals surface area contributed by atoms with Crippen molar-refractivity contribution in [2.75, 3.05) is 13.2 Å². The SMILES string of the molecule is CCc1ccsc1C(N)c1cc2c(cc1Br)OCCCO2. The van der Waals surface area contributed by atoms with Crippen LogP contribution in [-0.2, 0) is 6.42 Å². The Hall–Kier alpha value is -1.04. The van der Waals surface area contributed by atoms with Crippen molar-refractivity contribution in [3.8, 4) is 11.5 Å². The van der Waals surface area contributed by atoms with Gasteiger partial charge in [0.2, 0.25) is 0 Å². The second-order valence-electron chi connectivity index (χ2n) is 5.01.